The number of aliphatic hydroxyl groups is 1. The van der Waals surface area contributed by atoms with Gasteiger partial charge in [0.1, 0.15) is 0 Å². The fraction of sp³-hybridized carbons (Fsp3) is 0.833. The van der Waals surface area contributed by atoms with Gasteiger partial charge in [-0.05, 0) is 41.2 Å². The summed E-state index contributed by atoms with van der Waals surface area (Å²) in [6.45, 7) is 9.37. The molecule has 0 aromatic carbocycles. The molecule has 0 aliphatic carbocycles. The Morgan fingerprint density at radius 3 is 2.44 bits per heavy atom. The van der Waals surface area contributed by atoms with Crippen LogP contribution in [0, 0.1) is 0 Å². The number of nitrogens with zero attached hydrogens (tertiary/aromatic N) is 1. The van der Waals surface area contributed by atoms with Gasteiger partial charge in [0.25, 0.3) is 0 Å². The van der Waals surface area contributed by atoms with Crippen LogP contribution in [0.5, 0.6) is 0 Å². The lowest BCUT2D eigenvalue weighted by Gasteiger charge is -2.38. The Kier molecular flexibility index (Phi) is 4.21. The van der Waals surface area contributed by atoms with Gasteiger partial charge >= 0.3 is 7.48 Å². The van der Waals surface area contributed by atoms with Crippen LogP contribution in [0.3, 0.4) is 0 Å². The summed E-state index contributed by atoms with van der Waals surface area (Å²) in [5.41, 5.74) is -0.206. The van der Waals surface area contributed by atoms with Crippen molar-refractivity contribution in [2.45, 2.75) is 45.3 Å². The number of hydrogen-bond acceptors (Lipinski definition) is 3. The summed E-state index contributed by atoms with van der Waals surface area (Å²) < 4.78 is 5.71. The van der Waals surface area contributed by atoms with Crippen LogP contribution in [0.25, 0.3) is 0 Å². The van der Waals surface area contributed by atoms with Crippen LogP contribution in [-0.4, -0.2) is 48.8 Å². The van der Waals surface area contributed by atoms with E-state index in [0.29, 0.717) is 0 Å². The fourth-order valence-corrected chi connectivity index (χ4v) is 1.26. The first-order chi connectivity index (χ1) is 7.22. The zero-order chi connectivity index (χ0) is 12.4. The highest BCUT2D eigenvalue weighted by Crippen LogP contribution is 2.25. The van der Waals surface area contributed by atoms with Crippen molar-refractivity contribution in [1.82, 2.24) is 4.90 Å². The second kappa shape index (κ2) is 4.90. The minimum atomic E-state index is -0.852. The minimum Gasteiger partial charge on any atom is -0.427 e. The van der Waals surface area contributed by atoms with Gasteiger partial charge in [0.05, 0.1) is 11.2 Å². The quantitative estimate of drug-likeness (QED) is 0.732. The van der Waals surface area contributed by atoms with E-state index in [4.69, 9.17) is 4.65 Å². The first-order valence-electron chi connectivity index (χ1n) is 5.83. The molecule has 1 aliphatic rings. The van der Waals surface area contributed by atoms with Gasteiger partial charge in [-0.3, -0.25) is 0 Å². The molecule has 0 aromatic rings. The first-order valence-corrected chi connectivity index (χ1v) is 5.83. The van der Waals surface area contributed by atoms with E-state index in [-0.39, 0.29) is 0 Å². The molecular formula is C12H23BNO2. The highest BCUT2D eigenvalue weighted by Gasteiger charge is 2.35. The second-order valence-electron chi connectivity index (χ2n) is 5.60. The lowest BCUT2D eigenvalue weighted by molar-refractivity contribution is -0.0897. The van der Waals surface area contributed by atoms with Gasteiger partial charge in [-0.1, -0.05) is 11.5 Å². The van der Waals surface area contributed by atoms with Crippen molar-refractivity contribution in [3.8, 4) is 0 Å². The van der Waals surface area contributed by atoms with Crippen molar-refractivity contribution in [3.63, 3.8) is 0 Å². The average molecular weight is 224 g/mol. The van der Waals surface area contributed by atoms with Crippen molar-refractivity contribution in [2.75, 3.05) is 20.1 Å². The zero-order valence-corrected chi connectivity index (χ0v) is 11.1. The van der Waals surface area contributed by atoms with E-state index < -0.39 is 11.2 Å². The normalized spacial score (nSPS) is 19.5. The highest BCUT2D eigenvalue weighted by atomic mass is 16.5. The summed E-state index contributed by atoms with van der Waals surface area (Å²) in [6, 6.07) is 0. The molecule has 1 radical (unpaired) electrons. The number of likely N-dealkylation sites (N-methyl/N-ethyl adjacent to an activating group) is 1. The molecule has 0 unspecified atom stereocenters. The maximum absolute atomic E-state index is 9.94. The van der Waals surface area contributed by atoms with E-state index >= 15 is 0 Å². The Balaban J connectivity index is 2.46. The fourth-order valence-electron chi connectivity index (χ4n) is 1.26. The van der Waals surface area contributed by atoms with E-state index in [9.17, 15) is 5.11 Å². The van der Waals surface area contributed by atoms with Crippen LogP contribution in [0.15, 0.2) is 11.5 Å². The minimum absolute atomic E-state index is 0.572. The van der Waals surface area contributed by atoms with Crippen LogP contribution in [0.1, 0.15) is 34.1 Å². The summed E-state index contributed by atoms with van der Waals surface area (Å²) in [7, 11) is 3.90. The third kappa shape index (κ3) is 3.61. The van der Waals surface area contributed by atoms with Crippen LogP contribution in [0.4, 0.5) is 0 Å². The molecule has 16 heavy (non-hydrogen) atoms. The van der Waals surface area contributed by atoms with Gasteiger partial charge in [0.15, 0.2) is 0 Å². The Bertz CT molecular complexity index is 269. The van der Waals surface area contributed by atoms with Crippen LogP contribution >= 0.6 is 0 Å². The van der Waals surface area contributed by atoms with Gasteiger partial charge in [0, 0.05) is 13.1 Å². The number of rotatable bonds is 4. The van der Waals surface area contributed by atoms with Crippen molar-refractivity contribution in [2.24, 2.45) is 0 Å². The molecule has 0 spiro atoms. The standard InChI is InChI=1S/C12H23BNO2/c1-11(2,15)12(3,4)16-13-10-6-8-14(5)9-7-10/h6,15H,7-9H2,1-5H3. The van der Waals surface area contributed by atoms with E-state index in [0.717, 1.165) is 19.5 Å². The maximum atomic E-state index is 9.94. The molecule has 0 saturated carbocycles. The Labute approximate surface area is 99.7 Å². The Morgan fingerprint density at radius 1 is 1.38 bits per heavy atom. The monoisotopic (exact) mass is 224 g/mol. The second-order valence-corrected chi connectivity index (χ2v) is 5.60. The lowest BCUT2D eigenvalue weighted by Crippen LogP contribution is -2.48. The van der Waals surface area contributed by atoms with Gasteiger partial charge < -0.3 is 14.7 Å². The molecule has 3 nitrogen and oxygen atoms in total. The highest BCUT2D eigenvalue weighted by molar-refractivity contribution is 6.38. The molecule has 0 amide bonds. The summed E-state index contributed by atoms with van der Waals surface area (Å²) in [6.07, 6.45) is 3.18. The third-order valence-corrected chi connectivity index (χ3v) is 3.43. The van der Waals surface area contributed by atoms with E-state index in [1.807, 2.05) is 13.8 Å². The number of hydrogen-bond donors (Lipinski definition) is 1. The summed E-state index contributed by atoms with van der Waals surface area (Å²) in [5.74, 6) is 0. The maximum Gasteiger partial charge on any atom is 0.326 e. The topological polar surface area (TPSA) is 32.7 Å². The molecule has 1 rings (SSSR count). The predicted molar refractivity (Wildman–Crippen MR) is 67.4 cm³/mol. The van der Waals surface area contributed by atoms with E-state index in [1.165, 1.54) is 5.47 Å². The van der Waals surface area contributed by atoms with Crippen molar-refractivity contribution in [3.05, 3.63) is 11.5 Å². The molecule has 1 heterocycles. The average Bonchev–Trinajstić information content (AvgIpc) is 2.15. The summed E-state index contributed by atoms with van der Waals surface area (Å²) in [4.78, 5) is 2.26. The molecule has 4 heteroatoms. The lowest BCUT2D eigenvalue weighted by atomic mass is 9.79. The van der Waals surface area contributed by atoms with Crippen LogP contribution < -0.4 is 0 Å². The largest absolute Gasteiger partial charge is 0.427 e. The summed E-state index contributed by atoms with van der Waals surface area (Å²) in [5, 5.41) is 9.94. The predicted octanol–water partition coefficient (Wildman–Crippen LogP) is 1.39. The molecule has 0 aromatic heterocycles. The van der Waals surface area contributed by atoms with Crippen LogP contribution in [-0.2, 0) is 4.65 Å². The molecule has 0 fully saturated rings. The summed E-state index contributed by atoms with van der Waals surface area (Å²) >= 11 is 0. The zero-order valence-electron chi connectivity index (χ0n) is 11.1. The molecular weight excluding hydrogens is 201 g/mol. The molecule has 0 bridgehead atoms. The van der Waals surface area contributed by atoms with Crippen molar-refractivity contribution in [1.29, 1.82) is 0 Å². The van der Waals surface area contributed by atoms with Gasteiger partial charge in [0.2, 0.25) is 0 Å². The van der Waals surface area contributed by atoms with Crippen molar-refractivity contribution >= 4 is 7.48 Å². The van der Waals surface area contributed by atoms with Crippen LogP contribution in [0.2, 0.25) is 0 Å². The Hall–Kier alpha value is -0.315. The molecule has 1 N–H and O–H groups in total. The van der Waals surface area contributed by atoms with E-state index in [2.05, 4.69) is 18.0 Å². The van der Waals surface area contributed by atoms with Crippen molar-refractivity contribution < 1.29 is 9.76 Å². The van der Waals surface area contributed by atoms with Gasteiger partial charge in [-0.2, -0.15) is 0 Å². The Morgan fingerprint density at radius 2 is 2.00 bits per heavy atom. The third-order valence-electron chi connectivity index (χ3n) is 3.43. The van der Waals surface area contributed by atoms with Gasteiger partial charge in [-0.15, -0.1) is 0 Å². The molecule has 0 atom stereocenters. The van der Waals surface area contributed by atoms with E-state index in [1.54, 1.807) is 21.3 Å². The van der Waals surface area contributed by atoms with Gasteiger partial charge in [-0.25, -0.2) is 0 Å². The molecule has 1 aliphatic heterocycles. The first kappa shape index (κ1) is 13.7. The molecule has 0 saturated heterocycles. The SMILES string of the molecule is CN1CC=C([B]OC(C)(C)C(C)(C)O)CC1. The smallest absolute Gasteiger partial charge is 0.326 e. The molecule has 91 valence electrons.